The molecule has 1 aromatic heterocycles. The van der Waals surface area contributed by atoms with Gasteiger partial charge in [0.1, 0.15) is 11.5 Å². The molecule has 0 radical (unpaired) electrons. The molecule has 0 amide bonds. The highest BCUT2D eigenvalue weighted by Gasteiger charge is 2.51. The summed E-state index contributed by atoms with van der Waals surface area (Å²) in [6.45, 7) is 2.31. The summed E-state index contributed by atoms with van der Waals surface area (Å²) in [6.07, 6.45) is 7.70. The van der Waals surface area contributed by atoms with Gasteiger partial charge in [-0.05, 0) is 83.1 Å². The number of rotatable bonds is 3. The molecule has 2 aliphatic carbocycles. The van der Waals surface area contributed by atoms with Crippen LogP contribution in [-0.4, -0.2) is 5.54 Å². The summed E-state index contributed by atoms with van der Waals surface area (Å²) >= 11 is 1.88. The largest absolute Gasteiger partial charge is 0.457 e. The Morgan fingerprint density at radius 1 is 0.617 bits per heavy atom. The van der Waals surface area contributed by atoms with Crippen molar-refractivity contribution in [2.24, 2.45) is 0 Å². The third-order valence-electron chi connectivity index (χ3n) is 10.3. The highest BCUT2D eigenvalue weighted by atomic mass is 32.1. The predicted molar refractivity (Wildman–Crippen MR) is 197 cm³/mol. The van der Waals surface area contributed by atoms with E-state index >= 15 is 0 Å². The van der Waals surface area contributed by atoms with Gasteiger partial charge in [0, 0.05) is 37.0 Å². The summed E-state index contributed by atoms with van der Waals surface area (Å²) in [5.74, 6) is 1.82. The van der Waals surface area contributed by atoms with Crippen LogP contribution in [0.1, 0.15) is 41.2 Å². The van der Waals surface area contributed by atoms with Crippen LogP contribution in [0, 0.1) is 0 Å². The summed E-state index contributed by atoms with van der Waals surface area (Å²) in [7, 11) is 0. The minimum absolute atomic E-state index is 0.279. The molecule has 2 nitrogen and oxygen atoms in total. The van der Waals surface area contributed by atoms with Gasteiger partial charge >= 0.3 is 0 Å². The van der Waals surface area contributed by atoms with Gasteiger partial charge in [-0.3, -0.25) is 0 Å². The molecule has 1 unspecified atom stereocenters. The van der Waals surface area contributed by atoms with Gasteiger partial charge in [-0.2, -0.15) is 0 Å². The Hall–Kier alpha value is -5.38. The first-order valence-electron chi connectivity index (χ1n) is 16.3. The van der Waals surface area contributed by atoms with E-state index in [0.717, 1.165) is 23.6 Å². The highest BCUT2D eigenvalue weighted by Crippen LogP contribution is 2.62. The molecule has 7 aromatic rings. The number of anilines is 1. The molecule has 10 rings (SSSR count). The van der Waals surface area contributed by atoms with Gasteiger partial charge in [-0.1, -0.05) is 115 Å². The van der Waals surface area contributed by atoms with Gasteiger partial charge in [0.2, 0.25) is 0 Å². The zero-order valence-corrected chi connectivity index (χ0v) is 26.8. The van der Waals surface area contributed by atoms with Gasteiger partial charge in [-0.15, -0.1) is 11.3 Å². The number of fused-ring (bicyclic) bond motifs is 12. The number of hydrogen-bond acceptors (Lipinski definition) is 3. The molecule has 3 heteroatoms. The summed E-state index contributed by atoms with van der Waals surface area (Å²) in [6, 6.07) is 48.5. The molecule has 2 heterocycles. The number of thiophene rings is 1. The molecule has 1 spiro atoms. The first-order chi connectivity index (χ1) is 23.1. The smallest absolute Gasteiger partial charge is 0.132 e. The van der Waals surface area contributed by atoms with Crippen LogP contribution in [0.4, 0.5) is 5.69 Å². The molecule has 0 saturated carbocycles. The molecule has 0 fully saturated rings. The quantitative estimate of drug-likeness (QED) is 0.212. The minimum atomic E-state index is -0.473. The second-order valence-corrected chi connectivity index (χ2v) is 14.3. The van der Waals surface area contributed by atoms with E-state index < -0.39 is 5.41 Å². The van der Waals surface area contributed by atoms with Crippen molar-refractivity contribution in [2.45, 2.75) is 24.3 Å². The number of ether oxygens (including phenoxy) is 1. The van der Waals surface area contributed by atoms with Crippen LogP contribution < -0.4 is 10.1 Å². The molecule has 1 aliphatic heterocycles. The Kier molecular flexibility index (Phi) is 5.59. The van der Waals surface area contributed by atoms with Crippen LogP contribution in [0.3, 0.4) is 0 Å². The number of nitrogens with one attached hydrogen (secondary N) is 1. The van der Waals surface area contributed by atoms with Crippen molar-refractivity contribution >= 4 is 42.8 Å². The molecule has 0 saturated heterocycles. The summed E-state index contributed by atoms with van der Waals surface area (Å²) in [4.78, 5) is 0. The molecule has 1 N–H and O–H groups in total. The molecule has 224 valence electrons. The Labute approximate surface area is 278 Å². The average molecular weight is 622 g/mol. The summed E-state index contributed by atoms with van der Waals surface area (Å²) in [5.41, 5.74) is 10.6. The van der Waals surface area contributed by atoms with Crippen molar-refractivity contribution in [3.63, 3.8) is 0 Å². The first-order valence-corrected chi connectivity index (χ1v) is 17.1. The predicted octanol–water partition coefficient (Wildman–Crippen LogP) is 11.7. The van der Waals surface area contributed by atoms with E-state index in [4.69, 9.17) is 4.74 Å². The van der Waals surface area contributed by atoms with Crippen LogP contribution in [-0.2, 0) is 5.41 Å². The maximum absolute atomic E-state index is 6.66. The van der Waals surface area contributed by atoms with Crippen LogP contribution in [0.15, 0.2) is 152 Å². The second-order valence-electron chi connectivity index (χ2n) is 13.2. The molecule has 0 bridgehead atoms. The number of hydrogen-bond donors (Lipinski definition) is 1. The van der Waals surface area contributed by atoms with E-state index in [9.17, 15) is 0 Å². The van der Waals surface area contributed by atoms with Crippen molar-refractivity contribution < 1.29 is 4.74 Å². The van der Waals surface area contributed by atoms with Crippen LogP contribution >= 0.6 is 11.3 Å². The third kappa shape index (κ3) is 3.78. The van der Waals surface area contributed by atoms with Crippen molar-refractivity contribution in [1.82, 2.24) is 0 Å². The normalized spacial score (nSPS) is 18.3. The number of allylic oxidation sites excluding steroid dienone is 2. The fraction of sp³-hybridized carbons (Fsp3) is 0.0909. The van der Waals surface area contributed by atoms with E-state index in [1.54, 1.807) is 0 Å². The van der Waals surface area contributed by atoms with E-state index in [1.165, 1.54) is 64.7 Å². The Balaban J connectivity index is 1.09. The van der Waals surface area contributed by atoms with Gasteiger partial charge in [-0.25, -0.2) is 0 Å². The SMILES string of the molecule is CC1(Nc2ccc3c(c2)C2(c4ccccc4O3)c3ccccc3-c3ccccc32)C=CC=C(c2cccc3sc4ccccc4c23)C1. The van der Waals surface area contributed by atoms with Crippen LogP contribution in [0.5, 0.6) is 11.5 Å². The molecule has 3 aliphatic rings. The lowest BCUT2D eigenvalue weighted by atomic mass is 9.66. The minimum Gasteiger partial charge on any atom is -0.457 e. The lowest BCUT2D eigenvalue weighted by Crippen LogP contribution is -2.35. The van der Waals surface area contributed by atoms with Gasteiger partial charge in [0.05, 0.1) is 11.0 Å². The first kappa shape index (κ1) is 26.8. The Bertz CT molecular complexity index is 2440. The average Bonchev–Trinajstić information content (AvgIpc) is 3.63. The third-order valence-corrected chi connectivity index (χ3v) is 11.5. The number of para-hydroxylation sites is 1. The molecule has 1 atom stereocenters. The fourth-order valence-corrected chi connectivity index (χ4v) is 9.60. The monoisotopic (exact) mass is 621 g/mol. The van der Waals surface area contributed by atoms with E-state index in [1.807, 2.05) is 11.3 Å². The van der Waals surface area contributed by atoms with E-state index in [2.05, 4.69) is 164 Å². The van der Waals surface area contributed by atoms with Crippen molar-refractivity contribution in [3.8, 4) is 22.6 Å². The zero-order valence-electron chi connectivity index (χ0n) is 26.0. The van der Waals surface area contributed by atoms with Crippen LogP contribution in [0.25, 0.3) is 36.9 Å². The Morgan fingerprint density at radius 3 is 2.11 bits per heavy atom. The van der Waals surface area contributed by atoms with Gasteiger partial charge in [0.15, 0.2) is 0 Å². The summed E-state index contributed by atoms with van der Waals surface area (Å²) in [5, 5.41) is 6.69. The molecule has 6 aromatic carbocycles. The maximum atomic E-state index is 6.66. The van der Waals surface area contributed by atoms with E-state index in [0.29, 0.717) is 0 Å². The lowest BCUT2D eigenvalue weighted by Gasteiger charge is -2.40. The molecular formula is C44H31NOS. The summed E-state index contributed by atoms with van der Waals surface area (Å²) < 4.78 is 9.33. The van der Waals surface area contributed by atoms with Crippen molar-refractivity contribution in [2.75, 3.05) is 5.32 Å². The van der Waals surface area contributed by atoms with Crippen LogP contribution in [0.2, 0.25) is 0 Å². The Morgan fingerprint density at radius 2 is 1.28 bits per heavy atom. The van der Waals surface area contributed by atoms with E-state index in [-0.39, 0.29) is 5.54 Å². The maximum Gasteiger partial charge on any atom is 0.132 e. The number of benzene rings is 6. The highest BCUT2D eigenvalue weighted by molar-refractivity contribution is 7.25. The topological polar surface area (TPSA) is 21.3 Å². The standard InChI is InChI=1S/C44H31NOS/c1-43(25-11-12-28(27-43)30-16-10-22-41-42(30)33-15-4-9-21-40(33)47-41)45-29-23-24-39-37(26-29)44(36-19-7-8-20-38(36)46-39)34-17-5-2-13-31(34)32-14-3-6-18-35(32)44/h2-26,45H,27H2,1H3. The van der Waals surface area contributed by atoms with Crippen molar-refractivity contribution in [3.05, 3.63) is 180 Å². The fourth-order valence-electron chi connectivity index (χ4n) is 8.47. The molecular weight excluding hydrogens is 591 g/mol. The second kappa shape index (κ2) is 9.81. The zero-order chi connectivity index (χ0) is 31.2. The van der Waals surface area contributed by atoms with Crippen molar-refractivity contribution in [1.29, 1.82) is 0 Å². The lowest BCUT2D eigenvalue weighted by molar-refractivity contribution is 0.436. The van der Waals surface area contributed by atoms with Gasteiger partial charge in [0.25, 0.3) is 0 Å². The molecule has 47 heavy (non-hydrogen) atoms. The van der Waals surface area contributed by atoms with Gasteiger partial charge < -0.3 is 10.1 Å².